The standard InChI is InChI=1S/C14H19N3/c1-2-13-7-3-4-9-17(13)11-12-6-5-8-16-14(12)10-15/h5-6,8,13H,2-4,7,9,11H2,1H3. The second-order valence-electron chi connectivity index (χ2n) is 4.65. The van der Waals surface area contributed by atoms with Crippen molar-refractivity contribution in [3.8, 4) is 6.07 Å². The summed E-state index contributed by atoms with van der Waals surface area (Å²) in [6.45, 7) is 4.27. The second-order valence-corrected chi connectivity index (χ2v) is 4.65. The molecule has 1 atom stereocenters. The van der Waals surface area contributed by atoms with E-state index in [4.69, 9.17) is 5.26 Å². The number of pyridine rings is 1. The fraction of sp³-hybridized carbons (Fsp3) is 0.571. The molecule has 1 fully saturated rings. The quantitative estimate of drug-likeness (QED) is 0.800. The van der Waals surface area contributed by atoms with Crippen molar-refractivity contribution in [2.45, 2.75) is 45.2 Å². The number of piperidine rings is 1. The van der Waals surface area contributed by atoms with Crippen molar-refractivity contribution in [1.82, 2.24) is 9.88 Å². The summed E-state index contributed by atoms with van der Waals surface area (Å²) in [7, 11) is 0. The SMILES string of the molecule is CCC1CCCCN1Cc1cccnc1C#N. The number of nitriles is 1. The zero-order valence-electron chi connectivity index (χ0n) is 10.4. The van der Waals surface area contributed by atoms with Crippen LogP contribution < -0.4 is 0 Å². The number of aromatic nitrogens is 1. The molecule has 0 aromatic carbocycles. The highest BCUT2D eigenvalue weighted by molar-refractivity contribution is 5.30. The third-order valence-electron chi connectivity index (χ3n) is 3.59. The minimum Gasteiger partial charge on any atom is -0.296 e. The van der Waals surface area contributed by atoms with E-state index >= 15 is 0 Å². The van der Waals surface area contributed by atoms with Crippen molar-refractivity contribution in [2.24, 2.45) is 0 Å². The fourth-order valence-corrected chi connectivity index (χ4v) is 2.62. The van der Waals surface area contributed by atoms with Crippen LogP contribution in [-0.4, -0.2) is 22.5 Å². The van der Waals surface area contributed by atoms with E-state index < -0.39 is 0 Å². The Hall–Kier alpha value is -1.40. The average Bonchev–Trinajstić information content (AvgIpc) is 2.40. The maximum atomic E-state index is 9.04. The summed E-state index contributed by atoms with van der Waals surface area (Å²) in [4.78, 5) is 6.63. The van der Waals surface area contributed by atoms with E-state index in [1.54, 1.807) is 6.20 Å². The molecule has 17 heavy (non-hydrogen) atoms. The van der Waals surface area contributed by atoms with Gasteiger partial charge in [0.25, 0.3) is 0 Å². The molecule has 0 bridgehead atoms. The van der Waals surface area contributed by atoms with E-state index in [-0.39, 0.29) is 0 Å². The Kier molecular flexibility index (Phi) is 4.11. The molecule has 1 aromatic rings. The Bertz CT molecular complexity index is 408. The van der Waals surface area contributed by atoms with Crippen molar-refractivity contribution >= 4 is 0 Å². The van der Waals surface area contributed by atoms with Gasteiger partial charge in [-0.1, -0.05) is 19.4 Å². The minimum atomic E-state index is 0.577. The van der Waals surface area contributed by atoms with Gasteiger partial charge >= 0.3 is 0 Å². The second kappa shape index (κ2) is 5.79. The third-order valence-corrected chi connectivity index (χ3v) is 3.59. The summed E-state index contributed by atoms with van der Waals surface area (Å²) in [6.07, 6.45) is 6.79. The third kappa shape index (κ3) is 2.83. The zero-order chi connectivity index (χ0) is 12.1. The first-order valence-electron chi connectivity index (χ1n) is 6.43. The van der Waals surface area contributed by atoms with Gasteiger partial charge in [-0.15, -0.1) is 0 Å². The van der Waals surface area contributed by atoms with Crippen LogP contribution >= 0.6 is 0 Å². The van der Waals surface area contributed by atoms with Gasteiger partial charge in [0.05, 0.1) is 0 Å². The van der Waals surface area contributed by atoms with Crippen LogP contribution in [0.4, 0.5) is 0 Å². The van der Waals surface area contributed by atoms with Gasteiger partial charge in [-0.2, -0.15) is 5.26 Å². The molecule has 1 aromatic heterocycles. The van der Waals surface area contributed by atoms with Gasteiger partial charge < -0.3 is 0 Å². The van der Waals surface area contributed by atoms with Crippen molar-refractivity contribution in [2.75, 3.05) is 6.54 Å². The Morgan fingerprint density at radius 2 is 2.41 bits per heavy atom. The number of hydrogen-bond donors (Lipinski definition) is 0. The minimum absolute atomic E-state index is 0.577. The smallest absolute Gasteiger partial charge is 0.144 e. The Morgan fingerprint density at radius 1 is 1.53 bits per heavy atom. The molecule has 2 heterocycles. The van der Waals surface area contributed by atoms with Crippen molar-refractivity contribution in [3.05, 3.63) is 29.6 Å². The van der Waals surface area contributed by atoms with E-state index in [1.165, 1.54) is 25.7 Å². The summed E-state index contributed by atoms with van der Waals surface area (Å²) >= 11 is 0. The monoisotopic (exact) mass is 229 g/mol. The summed E-state index contributed by atoms with van der Waals surface area (Å²) < 4.78 is 0. The Morgan fingerprint density at radius 3 is 3.18 bits per heavy atom. The van der Waals surface area contributed by atoms with Crippen LogP contribution in [0.15, 0.2) is 18.3 Å². The molecule has 0 radical (unpaired) electrons. The van der Waals surface area contributed by atoms with E-state index in [2.05, 4.69) is 22.9 Å². The molecule has 3 heteroatoms. The molecule has 0 aliphatic carbocycles. The lowest BCUT2D eigenvalue weighted by Crippen LogP contribution is -2.38. The molecule has 1 unspecified atom stereocenters. The number of hydrogen-bond acceptors (Lipinski definition) is 3. The summed E-state index contributed by atoms with van der Waals surface area (Å²) in [5, 5.41) is 9.04. The first-order chi connectivity index (χ1) is 8.35. The molecule has 0 amide bonds. The van der Waals surface area contributed by atoms with Crippen LogP contribution in [0.1, 0.15) is 43.9 Å². The molecule has 0 saturated carbocycles. The van der Waals surface area contributed by atoms with Crippen LogP contribution in [0.3, 0.4) is 0 Å². The maximum absolute atomic E-state index is 9.04. The highest BCUT2D eigenvalue weighted by Gasteiger charge is 2.21. The number of likely N-dealkylation sites (tertiary alicyclic amines) is 1. The van der Waals surface area contributed by atoms with Gasteiger partial charge in [-0.3, -0.25) is 4.90 Å². The van der Waals surface area contributed by atoms with E-state index in [9.17, 15) is 0 Å². The maximum Gasteiger partial charge on any atom is 0.144 e. The Balaban J connectivity index is 2.11. The first-order valence-corrected chi connectivity index (χ1v) is 6.43. The molecule has 1 aliphatic heterocycles. The molecular formula is C14H19N3. The highest BCUT2D eigenvalue weighted by Crippen LogP contribution is 2.22. The molecule has 1 saturated heterocycles. The summed E-state index contributed by atoms with van der Waals surface area (Å²) in [5.74, 6) is 0. The van der Waals surface area contributed by atoms with E-state index in [0.29, 0.717) is 11.7 Å². The molecule has 3 nitrogen and oxygen atoms in total. The van der Waals surface area contributed by atoms with Crippen LogP contribution in [-0.2, 0) is 6.54 Å². The van der Waals surface area contributed by atoms with Gasteiger partial charge in [-0.25, -0.2) is 4.98 Å². The van der Waals surface area contributed by atoms with Gasteiger partial charge in [0, 0.05) is 24.3 Å². The predicted octanol–water partition coefficient (Wildman–Crippen LogP) is 2.72. The number of nitrogens with zero attached hydrogens (tertiary/aromatic N) is 3. The molecule has 0 N–H and O–H groups in total. The summed E-state index contributed by atoms with van der Waals surface area (Å²) in [6, 6.07) is 6.80. The van der Waals surface area contributed by atoms with Crippen molar-refractivity contribution in [1.29, 1.82) is 5.26 Å². The molecule has 1 aliphatic rings. The molecular weight excluding hydrogens is 210 g/mol. The average molecular weight is 229 g/mol. The first kappa shape index (κ1) is 12.1. The summed E-state index contributed by atoms with van der Waals surface area (Å²) in [5.41, 5.74) is 1.64. The van der Waals surface area contributed by atoms with Gasteiger partial charge in [0.2, 0.25) is 0 Å². The van der Waals surface area contributed by atoms with Crippen LogP contribution in [0, 0.1) is 11.3 Å². The van der Waals surface area contributed by atoms with Gasteiger partial charge in [0.15, 0.2) is 0 Å². The fourth-order valence-electron chi connectivity index (χ4n) is 2.62. The molecule has 90 valence electrons. The van der Waals surface area contributed by atoms with Crippen molar-refractivity contribution in [3.63, 3.8) is 0 Å². The van der Waals surface area contributed by atoms with Gasteiger partial charge in [-0.05, 0) is 31.9 Å². The lowest BCUT2D eigenvalue weighted by atomic mass is 9.99. The van der Waals surface area contributed by atoms with Crippen molar-refractivity contribution < 1.29 is 0 Å². The predicted molar refractivity (Wildman–Crippen MR) is 67.3 cm³/mol. The largest absolute Gasteiger partial charge is 0.296 e. The highest BCUT2D eigenvalue weighted by atomic mass is 15.2. The number of rotatable bonds is 3. The van der Waals surface area contributed by atoms with Crippen LogP contribution in [0.25, 0.3) is 0 Å². The molecule has 0 spiro atoms. The lowest BCUT2D eigenvalue weighted by molar-refractivity contribution is 0.136. The Labute approximate surface area is 103 Å². The molecule has 2 rings (SSSR count). The van der Waals surface area contributed by atoms with Gasteiger partial charge in [0.1, 0.15) is 11.8 Å². The van der Waals surface area contributed by atoms with E-state index in [0.717, 1.165) is 18.7 Å². The van der Waals surface area contributed by atoms with Crippen LogP contribution in [0.5, 0.6) is 0 Å². The topological polar surface area (TPSA) is 39.9 Å². The zero-order valence-corrected chi connectivity index (χ0v) is 10.4. The normalized spacial score (nSPS) is 21.1. The van der Waals surface area contributed by atoms with Crippen LogP contribution in [0.2, 0.25) is 0 Å². The van der Waals surface area contributed by atoms with E-state index in [1.807, 2.05) is 12.1 Å². The lowest BCUT2D eigenvalue weighted by Gasteiger charge is -2.35.